The first-order valence-electron chi connectivity index (χ1n) is 26.2. The Bertz CT molecular complexity index is 2280. The first kappa shape index (κ1) is 59.7. The second-order valence-electron chi connectivity index (χ2n) is 22.3. The fourth-order valence-electron chi connectivity index (χ4n) is 11.7. The van der Waals surface area contributed by atoms with Gasteiger partial charge in [0.2, 0.25) is 0 Å². The largest absolute Gasteiger partial charge is 0.272 e. The summed E-state index contributed by atoms with van der Waals surface area (Å²) in [6.07, 6.45) is 0. The van der Waals surface area contributed by atoms with Crippen LogP contribution in [0.25, 0.3) is 43.1 Å². The van der Waals surface area contributed by atoms with E-state index < -0.39 is 16.4 Å². The van der Waals surface area contributed by atoms with Gasteiger partial charge in [0, 0.05) is 32.2 Å². The Labute approximate surface area is 436 Å². The molecule has 0 fully saturated rings. The number of fused-ring (bicyclic) bond motifs is 4. The van der Waals surface area contributed by atoms with Crippen molar-refractivity contribution in [2.75, 3.05) is 56.4 Å². The van der Waals surface area contributed by atoms with Crippen molar-refractivity contribution in [2.45, 2.75) is 156 Å². The molecule has 0 saturated carbocycles. The topological polar surface area (TPSA) is 13.0 Å². The molecule has 0 amide bonds. The molecule has 6 aromatic rings. The van der Waals surface area contributed by atoms with E-state index in [0.717, 1.165) is 0 Å². The Kier molecular flexibility index (Phi) is 21.8. The van der Waals surface area contributed by atoms with Gasteiger partial charge in [-0.1, -0.05) is 215 Å². The van der Waals surface area contributed by atoms with Crippen molar-refractivity contribution in [3.63, 3.8) is 0 Å². The molecule has 0 aliphatic heterocycles. The summed E-state index contributed by atoms with van der Waals surface area (Å²) in [7, 11) is 15.7. The average molecular weight is 1060 g/mol. The molecule has 6 aromatic carbocycles. The van der Waals surface area contributed by atoms with Gasteiger partial charge in [0.25, 0.3) is 0 Å². The van der Waals surface area contributed by atoms with Crippen molar-refractivity contribution in [1.82, 2.24) is 18.7 Å². The van der Waals surface area contributed by atoms with Crippen molar-refractivity contribution in [2.24, 2.45) is 0 Å². The lowest BCUT2D eigenvalue weighted by Gasteiger charge is -2.36. The molecule has 0 aliphatic carbocycles. The molecule has 4 nitrogen and oxygen atoms in total. The summed E-state index contributed by atoms with van der Waals surface area (Å²) in [5, 5.41) is 21.3. The zero-order valence-electron chi connectivity index (χ0n) is 48.2. The molecule has 0 radical (unpaired) electrons. The van der Waals surface area contributed by atoms with Gasteiger partial charge in [-0.15, -0.1) is 0 Å². The maximum atomic E-state index is 2.49. The van der Waals surface area contributed by atoms with Crippen LogP contribution in [0.4, 0.5) is 0 Å². The Hall–Kier alpha value is -1.22. The summed E-state index contributed by atoms with van der Waals surface area (Å²) in [5.74, 6) is 0. The minimum Gasteiger partial charge on any atom is -0.272 e. The molecule has 0 N–H and O–H groups in total. The zero-order chi connectivity index (χ0) is 52.4. The molecule has 70 heavy (non-hydrogen) atoms. The van der Waals surface area contributed by atoms with E-state index in [9.17, 15) is 0 Å². The first-order chi connectivity index (χ1) is 32.8. The number of rotatable bonds is 18. The number of nitrogens with zero attached hydrogens (tertiary/aromatic N) is 4. The van der Waals surface area contributed by atoms with E-state index in [1.54, 1.807) is 31.8 Å². The SMILES string of the molecule is CC(C)P(c1cccc2cc3cccc(P(C(C)C)C(C)C)c3c(P(N(C)C)N(C)C)c12)C(C)C.CC(C)P(c1cccc2cc3cccc(P(C(C)C)C(C)C)c3c(P(N(C)C)N(C)C)c12)C(C)C. The van der Waals surface area contributed by atoms with Gasteiger partial charge in [0.1, 0.15) is 0 Å². The Morgan fingerprint density at radius 2 is 0.443 bits per heavy atom. The van der Waals surface area contributed by atoms with E-state index in [1.807, 2.05) is 0 Å². The van der Waals surface area contributed by atoms with E-state index in [2.05, 4.69) is 271 Å². The summed E-state index contributed by atoms with van der Waals surface area (Å²) in [6, 6.07) is 33.5. The average Bonchev–Trinajstić information content (AvgIpc) is 3.22. The molecule has 10 heteroatoms. The third-order valence-corrected chi connectivity index (χ3v) is 30.7. The van der Waals surface area contributed by atoms with Crippen LogP contribution in [0.2, 0.25) is 0 Å². The van der Waals surface area contributed by atoms with Gasteiger partial charge < -0.3 is 0 Å². The normalized spacial score (nSPS) is 13.2. The number of hydrogen-bond acceptors (Lipinski definition) is 4. The third kappa shape index (κ3) is 12.7. The third-order valence-electron chi connectivity index (χ3n) is 13.3. The maximum Gasteiger partial charge on any atom is 0.0727 e. The lowest BCUT2D eigenvalue weighted by atomic mass is 10.0. The van der Waals surface area contributed by atoms with Crippen LogP contribution in [0.5, 0.6) is 0 Å². The van der Waals surface area contributed by atoms with Crippen LogP contribution in [0.3, 0.4) is 0 Å². The van der Waals surface area contributed by atoms with Gasteiger partial charge in [-0.2, -0.15) is 0 Å². The molecule has 0 atom stereocenters. The predicted molar refractivity (Wildman–Crippen MR) is 338 cm³/mol. The first-order valence-corrected chi connectivity index (χ1v) is 34.6. The van der Waals surface area contributed by atoms with Gasteiger partial charge in [-0.05, 0) is 157 Å². The fraction of sp³-hybridized carbons (Fsp3) is 0.533. The van der Waals surface area contributed by atoms with E-state index in [4.69, 9.17) is 0 Å². The van der Waals surface area contributed by atoms with E-state index in [1.165, 1.54) is 43.1 Å². The van der Waals surface area contributed by atoms with E-state index >= 15 is 0 Å². The molecule has 0 aromatic heterocycles. The predicted octanol–water partition coefficient (Wildman–Crippen LogP) is 15.8. The Morgan fingerprint density at radius 1 is 0.271 bits per heavy atom. The lowest BCUT2D eigenvalue weighted by Crippen LogP contribution is -2.31. The molecular weight excluding hydrogens is 963 g/mol. The lowest BCUT2D eigenvalue weighted by molar-refractivity contribution is 0.585. The summed E-state index contributed by atoms with van der Waals surface area (Å²) in [5.41, 5.74) is 5.24. The van der Waals surface area contributed by atoms with Crippen LogP contribution in [-0.4, -0.2) is 120 Å². The van der Waals surface area contributed by atoms with Crippen molar-refractivity contribution < 1.29 is 0 Å². The minimum atomic E-state index is -0.645. The van der Waals surface area contributed by atoms with Gasteiger partial charge in [0.15, 0.2) is 0 Å². The van der Waals surface area contributed by atoms with Gasteiger partial charge >= 0.3 is 0 Å². The molecule has 0 unspecified atom stereocenters. The quantitative estimate of drug-likeness (QED) is 0.0628. The fourth-order valence-corrected chi connectivity index (χ4v) is 29.1. The molecule has 6 rings (SSSR count). The summed E-state index contributed by atoms with van der Waals surface area (Å²) >= 11 is 0. The van der Waals surface area contributed by atoms with Crippen LogP contribution in [0.1, 0.15) is 111 Å². The van der Waals surface area contributed by atoms with Crippen LogP contribution in [-0.2, 0) is 0 Å². The molecule has 0 heterocycles. The van der Waals surface area contributed by atoms with Crippen LogP contribution < -0.4 is 31.8 Å². The highest BCUT2D eigenvalue weighted by Crippen LogP contribution is 2.54. The molecule has 0 spiro atoms. The molecular formula is C60H94N4P6. The van der Waals surface area contributed by atoms with E-state index in [0.29, 0.717) is 45.3 Å². The molecule has 0 bridgehead atoms. The van der Waals surface area contributed by atoms with Crippen LogP contribution >= 0.6 is 48.1 Å². The highest BCUT2D eigenvalue weighted by molar-refractivity contribution is 7.70. The summed E-state index contributed by atoms with van der Waals surface area (Å²) in [6.45, 7) is 38.8. The number of hydrogen-bond donors (Lipinski definition) is 0. The summed E-state index contributed by atoms with van der Waals surface area (Å²) < 4.78 is 9.88. The second-order valence-corrected chi connectivity index (χ2v) is 41.0. The van der Waals surface area contributed by atoms with Crippen LogP contribution in [0, 0.1) is 0 Å². The maximum absolute atomic E-state index is 2.49. The van der Waals surface area contributed by atoms with Crippen molar-refractivity contribution >= 4 is 123 Å². The van der Waals surface area contributed by atoms with Gasteiger partial charge in [0.05, 0.1) is 16.4 Å². The number of benzene rings is 6. The second kappa shape index (κ2) is 25.5. The highest BCUT2D eigenvalue weighted by Gasteiger charge is 2.33. The molecule has 384 valence electrons. The van der Waals surface area contributed by atoms with Gasteiger partial charge in [-0.25, -0.2) is 0 Å². The minimum absolute atomic E-state index is 0.280. The molecule has 0 aliphatic rings. The standard InChI is InChI=1S/2C30H47N2P3/c2*1-20(2)33(21(3)4)26-17-13-15-24-19-25-16-14-18-27(34(22(5)6)23(7)8)29(25)30(28(24)26)35(31(9)10)32(11)12/h2*13-23H,1-12H3. The Balaban J connectivity index is 0.000000261. The van der Waals surface area contributed by atoms with E-state index in [-0.39, 0.29) is 31.7 Å². The van der Waals surface area contributed by atoms with Crippen molar-refractivity contribution in [3.05, 3.63) is 84.9 Å². The summed E-state index contributed by atoms with van der Waals surface area (Å²) in [4.78, 5) is 0. The highest BCUT2D eigenvalue weighted by atomic mass is 31.1. The monoisotopic (exact) mass is 1060 g/mol. The van der Waals surface area contributed by atoms with Crippen LogP contribution in [0.15, 0.2) is 84.9 Å². The van der Waals surface area contributed by atoms with Gasteiger partial charge in [-0.3, -0.25) is 18.7 Å². The Morgan fingerprint density at radius 3 is 0.586 bits per heavy atom. The molecule has 0 saturated heterocycles. The smallest absolute Gasteiger partial charge is 0.0727 e. The zero-order valence-corrected chi connectivity index (χ0v) is 53.5. The van der Waals surface area contributed by atoms with Crippen molar-refractivity contribution in [3.8, 4) is 0 Å². The van der Waals surface area contributed by atoms with Crippen molar-refractivity contribution in [1.29, 1.82) is 0 Å².